The van der Waals surface area contributed by atoms with E-state index in [9.17, 15) is 9.59 Å². The Morgan fingerprint density at radius 1 is 1.19 bits per heavy atom. The fourth-order valence-corrected chi connectivity index (χ4v) is 4.73. The summed E-state index contributed by atoms with van der Waals surface area (Å²) in [5.41, 5.74) is 1.36. The summed E-state index contributed by atoms with van der Waals surface area (Å²) < 4.78 is 11.8. The second kappa shape index (κ2) is 10.3. The van der Waals surface area contributed by atoms with Crippen molar-refractivity contribution in [1.29, 1.82) is 0 Å². The minimum atomic E-state index is -0.797. The van der Waals surface area contributed by atoms with Crippen LogP contribution in [0.15, 0.2) is 47.1 Å². The van der Waals surface area contributed by atoms with Crippen LogP contribution in [0.5, 0.6) is 0 Å². The molecule has 8 heteroatoms. The van der Waals surface area contributed by atoms with Gasteiger partial charge >= 0.3 is 5.97 Å². The number of nitrogens with one attached hydrogen (secondary N) is 1. The van der Waals surface area contributed by atoms with Gasteiger partial charge in [0.05, 0.1) is 18.1 Å². The number of carboxylic acids is 1. The molecule has 7 nitrogen and oxygen atoms in total. The van der Waals surface area contributed by atoms with Crippen molar-refractivity contribution in [3.63, 3.8) is 0 Å². The fourth-order valence-electron chi connectivity index (χ4n) is 4.60. The molecule has 2 aromatic rings. The Balaban J connectivity index is 1.33. The van der Waals surface area contributed by atoms with Gasteiger partial charge in [0.25, 0.3) is 5.91 Å². The number of fused-ring (bicyclic) bond motifs is 2. The number of aliphatic carboxylic acids is 1. The zero-order chi connectivity index (χ0) is 22.5. The summed E-state index contributed by atoms with van der Waals surface area (Å²) in [7, 11) is 0. The van der Waals surface area contributed by atoms with E-state index in [0.29, 0.717) is 30.3 Å². The highest BCUT2D eigenvalue weighted by Crippen LogP contribution is 2.50. The van der Waals surface area contributed by atoms with Gasteiger partial charge in [-0.1, -0.05) is 35.9 Å². The molecule has 2 bridgehead atoms. The number of halogens is 1. The van der Waals surface area contributed by atoms with Gasteiger partial charge < -0.3 is 19.6 Å². The first-order valence-electron chi connectivity index (χ1n) is 11.0. The second-order valence-corrected chi connectivity index (χ2v) is 8.76. The van der Waals surface area contributed by atoms with Crippen LogP contribution in [-0.2, 0) is 16.0 Å². The first-order chi connectivity index (χ1) is 15.5. The molecule has 2 N–H and O–H groups in total. The van der Waals surface area contributed by atoms with Gasteiger partial charge in [0, 0.05) is 23.9 Å². The normalized spacial score (nSPS) is 24.3. The fraction of sp³-hybridized carbons (Fsp3) is 0.458. The molecular formula is C24H27ClN2O5. The summed E-state index contributed by atoms with van der Waals surface area (Å²) in [5.74, 6) is -0.288. The van der Waals surface area contributed by atoms with Gasteiger partial charge in [-0.2, -0.15) is 0 Å². The van der Waals surface area contributed by atoms with Crippen molar-refractivity contribution in [2.45, 2.75) is 56.7 Å². The maximum atomic E-state index is 12.5. The Kier molecular flexibility index (Phi) is 7.27. The summed E-state index contributed by atoms with van der Waals surface area (Å²) in [6, 6.07) is 7.54. The summed E-state index contributed by atoms with van der Waals surface area (Å²) >= 11 is 5.90. The Hall–Kier alpha value is -2.64. The molecule has 4 unspecified atom stereocenters. The molecule has 0 saturated carbocycles. The summed E-state index contributed by atoms with van der Waals surface area (Å²) in [5, 5.41) is 12.3. The van der Waals surface area contributed by atoms with E-state index >= 15 is 0 Å². The van der Waals surface area contributed by atoms with Gasteiger partial charge in [-0.05, 0) is 49.8 Å². The minimum Gasteiger partial charge on any atom is -0.481 e. The first kappa shape index (κ1) is 22.6. The number of nitrogens with zero attached hydrogens (tertiary/aromatic N) is 1. The van der Waals surface area contributed by atoms with Gasteiger partial charge in [0.2, 0.25) is 5.89 Å². The molecule has 3 heterocycles. The molecule has 2 aliphatic heterocycles. The number of benzene rings is 1. The van der Waals surface area contributed by atoms with Crippen LogP contribution in [0.25, 0.3) is 0 Å². The zero-order valence-electron chi connectivity index (χ0n) is 17.7. The summed E-state index contributed by atoms with van der Waals surface area (Å²) in [4.78, 5) is 27.7. The zero-order valence-corrected chi connectivity index (χ0v) is 18.5. The van der Waals surface area contributed by atoms with Gasteiger partial charge in [-0.15, -0.1) is 0 Å². The summed E-state index contributed by atoms with van der Waals surface area (Å²) in [6.45, 7) is 0.490. The third-order valence-corrected chi connectivity index (χ3v) is 6.43. The number of carbonyl (C=O) groups excluding carboxylic acids is 1. The van der Waals surface area contributed by atoms with Crippen LogP contribution < -0.4 is 5.32 Å². The molecule has 0 aliphatic carbocycles. The highest BCUT2D eigenvalue weighted by atomic mass is 35.5. The standard InChI is InChI=1S/C24H27ClN2O5/c25-16-8-6-15(7-9-16)12-13-26-23(30)18-14-31-24(27-18)22-17(19-10-11-20(22)32-19)4-2-1-3-5-21(28)29/h1-2,6-9,14,17,19-20,22H,3-5,10-13H2,(H,26,30)(H,28,29). The smallest absolute Gasteiger partial charge is 0.303 e. The van der Waals surface area contributed by atoms with Crippen molar-refractivity contribution in [1.82, 2.24) is 10.3 Å². The topological polar surface area (TPSA) is 102 Å². The largest absolute Gasteiger partial charge is 0.481 e. The highest BCUT2D eigenvalue weighted by Gasteiger charge is 2.51. The van der Waals surface area contributed by atoms with Gasteiger partial charge in [0.15, 0.2) is 5.69 Å². The number of hydrogen-bond acceptors (Lipinski definition) is 5. The first-order valence-corrected chi connectivity index (χ1v) is 11.4. The van der Waals surface area contributed by atoms with Crippen molar-refractivity contribution in [3.05, 3.63) is 64.9 Å². The van der Waals surface area contributed by atoms with E-state index in [1.54, 1.807) is 0 Å². The molecular weight excluding hydrogens is 432 g/mol. The molecule has 170 valence electrons. The van der Waals surface area contributed by atoms with Crippen LogP contribution in [-0.4, -0.2) is 40.7 Å². The van der Waals surface area contributed by atoms with E-state index in [4.69, 9.17) is 25.9 Å². The van der Waals surface area contributed by atoms with Crippen LogP contribution in [0, 0.1) is 5.92 Å². The lowest BCUT2D eigenvalue weighted by Gasteiger charge is -2.24. The van der Waals surface area contributed by atoms with Gasteiger partial charge in [-0.25, -0.2) is 4.98 Å². The van der Waals surface area contributed by atoms with Crippen LogP contribution in [0.1, 0.15) is 60.0 Å². The Labute approximate surface area is 191 Å². The predicted molar refractivity (Wildman–Crippen MR) is 119 cm³/mol. The number of rotatable bonds is 10. The predicted octanol–water partition coefficient (Wildman–Crippen LogP) is 4.37. The number of aromatic nitrogens is 1. The quantitative estimate of drug-likeness (QED) is 0.512. The van der Waals surface area contributed by atoms with Crippen molar-refractivity contribution >= 4 is 23.5 Å². The minimum absolute atomic E-state index is 0.00786. The molecule has 32 heavy (non-hydrogen) atoms. The van der Waals surface area contributed by atoms with Gasteiger partial charge in [-0.3, -0.25) is 9.59 Å². The Bertz CT molecular complexity index is 971. The van der Waals surface area contributed by atoms with Gasteiger partial charge in [0.1, 0.15) is 6.26 Å². The third-order valence-electron chi connectivity index (χ3n) is 6.18. The average molecular weight is 459 g/mol. The van der Waals surface area contributed by atoms with Crippen molar-refractivity contribution in [2.24, 2.45) is 5.92 Å². The number of amides is 1. The molecule has 0 radical (unpaired) electrons. The molecule has 1 aromatic heterocycles. The number of oxazole rings is 1. The Morgan fingerprint density at radius 2 is 1.97 bits per heavy atom. The lowest BCUT2D eigenvalue weighted by atomic mass is 9.77. The van der Waals surface area contributed by atoms with Crippen LogP contribution in [0.4, 0.5) is 0 Å². The molecule has 2 saturated heterocycles. The Morgan fingerprint density at radius 3 is 2.75 bits per heavy atom. The molecule has 1 aromatic carbocycles. The van der Waals surface area contributed by atoms with Crippen LogP contribution >= 0.6 is 11.6 Å². The van der Waals surface area contributed by atoms with Crippen LogP contribution in [0.2, 0.25) is 5.02 Å². The number of allylic oxidation sites excluding steroid dienone is 2. The van der Waals surface area contributed by atoms with E-state index in [0.717, 1.165) is 24.8 Å². The molecule has 4 atom stereocenters. The molecule has 2 aliphatic rings. The molecule has 1 amide bonds. The maximum absolute atomic E-state index is 12.5. The lowest BCUT2D eigenvalue weighted by Crippen LogP contribution is -2.27. The molecule has 0 spiro atoms. The van der Waals surface area contributed by atoms with E-state index < -0.39 is 5.97 Å². The van der Waals surface area contributed by atoms with E-state index in [-0.39, 0.29) is 42.1 Å². The second-order valence-electron chi connectivity index (χ2n) is 8.32. The van der Waals surface area contributed by atoms with E-state index in [1.165, 1.54) is 6.26 Å². The van der Waals surface area contributed by atoms with E-state index in [2.05, 4.69) is 10.3 Å². The van der Waals surface area contributed by atoms with Crippen LogP contribution in [0.3, 0.4) is 0 Å². The third kappa shape index (κ3) is 5.40. The highest BCUT2D eigenvalue weighted by molar-refractivity contribution is 6.30. The van der Waals surface area contributed by atoms with E-state index in [1.807, 2.05) is 36.4 Å². The molecule has 4 rings (SSSR count). The average Bonchev–Trinajstić information content (AvgIpc) is 3.51. The number of hydrogen-bond donors (Lipinski definition) is 2. The molecule has 2 fully saturated rings. The number of carboxylic acid groups (broad SMARTS) is 1. The lowest BCUT2D eigenvalue weighted by molar-refractivity contribution is -0.136. The summed E-state index contributed by atoms with van der Waals surface area (Å²) in [6.07, 6.45) is 9.63. The number of ether oxygens (including phenoxy) is 1. The number of carbonyl (C=O) groups is 2. The van der Waals surface area contributed by atoms with Crippen molar-refractivity contribution in [2.75, 3.05) is 6.54 Å². The maximum Gasteiger partial charge on any atom is 0.303 e. The van der Waals surface area contributed by atoms with Crippen molar-refractivity contribution < 1.29 is 23.8 Å². The van der Waals surface area contributed by atoms with Crippen molar-refractivity contribution in [3.8, 4) is 0 Å². The monoisotopic (exact) mass is 458 g/mol. The SMILES string of the molecule is O=C(O)CCC=CCC1C2CCC(O2)C1c1nc(C(=O)NCCc2ccc(Cl)cc2)co1.